The minimum atomic E-state index is 0.300. The lowest BCUT2D eigenvalue weighted by atomic mass is 9.46. The number of amides is 1. The van der Waals surface area contributed by atoms with Gasteiger partial charge >= 0.3 is 0 Å². The van der Waals surface area contributed by atoms with Crippen molar-refractivity contribution in [3.05, 3.63) is 35.9 Å². The second kappa shape index (κ2) is 7.74. The van der Waals surface area contributed by atoms with Crippen LogP contribution in [0.1, 0.15) is 88.4 Å². The fourth-order valence-electron chi connectivity index (χ4n) is 8.81. The summed E-state index contributed by atoms with van der Waals surface area (Å²) in [6.45, 7) is 5.06. The summed E-state index contributed by atoms with van der Waals surface area (Å²) in [4.78, 5) is 27.2. The molecule has 1 aliphatic heterocycles. The summed E-state index contributed by atoms with van der Waals surface area (Å²) in [5, 5.41) is 0. The second-order valence-electron chi connectivity index (χ2n) is 11.6. The van der Waals surface area contributed by atoms with Crippen molar-refractivity contribution in [3.63, 3.8) is 0 Å². The summed E-state index contributed by atoms with van der Waals surface area (Å²) in [7, 11) is 2.05. The number of piperidine rings is 1. The maximum atomic E-state index is 12.7. The molecule has 3 nitrogen and oxygen atoms in total. The molecule has 3 heteroatoms. The van der Waals surface area contributed by atoms with Gasteiger partial charge in [0.1, 0.15) is 0 Å². The molecule has 7 atom stereocenters. The van der Waals surface area contributed by atoms with Gasteiger partial charge in [0.15, 0.2) is 5.78 Å². The van der Waals surface area contributed by atoms with E-state index < -0.39 is 0 Å². The second-order valence-corrected chi connectivity index (χ2v) is 11.6. The van der Waals surface area contributed by atoms with E-state index in [4.69, 9.17) is 0 Å². The third-order valence-electron chi connectivity index (χ3n) is 10.6. The van der Waals surface area contributed by atoms with Crippen molar-refractivity contribution >= 4 is 11.7 Å². The number of hydrogen-bond acceptors (Lipinski definition) is 2. The van der Waals surface area contributed by atoms with E-state index in [-0.39, 0.29) is 0 Å². The molecule has 4 aliphatic rings. The normalized spacial score (nSPS) is 42.0. The highest BCUT2D eigenvalue weighted by atomic mass is 16.2. The Kier molecular flexibility index (Phi) is 5.30. The maximum absolute atomic E-state index is 12.7. The fraction of sp³-hybridized carbons (Fsp3) is 0.714. The lowest BCUT2D eigenvalue weighted by Crippen LogP contribution is -2.61. The predicted molar refractivity (Wildman–Crippen MR) is 124 cm³/mol. The van der Waals surface area contributed by atoms with Gasteiger partial charge in [0.2, 0.25) is 5.91 Å². The van der Waals surface area contributed by atoms with E-state index >= 15 is 0 Å². The van der Waals surface area contributed by atoms with Gasteiger partial charge in [-0.1, -0.05) is 44.2 Å². The number of nitrogens with zero attached hydrogens (tertiary/aromatic N) is 1. The number of Topliss-reactive ketones (excluding diaryl/α,β-unsaturated/α-hetero) is 1. The van der Waals surface area contributed by atoms with Crippen LogP contribution in [-0.4, -0.2) is 29.7 Å². The summed E-state index contributed by atoms with van der Waals surface area (Å²) in [6, 6.07) is 10.3. The van der Waals surface area contributed by atoms with Crippen molar-refractivity contribution in [1.29, 1.82) is 0 Å². The third kappa shape index (κ3) is 3.29. The Balaban J connectivity index is 1.29. The highest BCUT2D eigenvalue weighted by molar-refractivity contribution is 5.95. The monoisotopic (exact) mass is 421 g/mol. The minimum absolute atomic E-state index is 0.300. The lowest BCUT2D eigenvalue weighted by Gasteiger charge is -2.62. The zero-order chi connectivity index (χ0) is 21.8. The quantitative estimate of drug-likeness (QED) is 0.549. The van der Waals surface area contributed by atoms with Crippen LogP contribution in [0.25, 0.3) is 0 Å². The van der Waals surface area contributed by atoms with Gasteiger partial charge in [0.25, 0.3) is 0 Å². The van der Waals surface area contributed by atoms with Crippen LogP contribution in [0.15, 0.2) is 30.3 Å². The first kappa shape index (κ1) is 21.2. The average molecular weight is 422 g/mol. The molecule has 1 aromatic rings. The molecule has 31 heavy (non-hydrogen) atoms. The van der Waals surface area contributed by atoms with E-state index in [1.807, 2.05) is 37.4 Å². The maximum Gasteiger partial charge on any atom is 0.222 e. The molecule has 0 unspecified atom stereocenters. The molecular formula is C28H39NO2. The van der Waals surface area contributed by atoms with Crippen molar-refractivity contribution in [1.82, 2.24) is 4.90 Å². The molecule has 0 radical (unpaired) electrons. The number of carbonyl (C=O) groups is 2. The van der Waals surface area contributed by atoms with E-state index in [2.05, 4.69) is 18.7 Å². The number of benzene rings is 1. The molecule has 1 heterocycles. The van der Waals surface area contributed by atoms with E-state index in [0.29, 0.717) is 40.9 Å². The van der Waals surface area contributed by atoms with Crippen LogP contribution in [0, 0.1) is 34.5 Å². The third-order valence-corrected chi connectivity index (χ3v) is 10.6. The van der Waals surface area contributed by atoms with Crippen LogP contribution in [0.4, 0.5) is 0 Å². The molecule has 3 aliphatic carbocycles. The van der Waals surface area contributed by atoms with Crippen LogP contribution in [0.3, 0.4) is 0 Å². The van der Waals surface area contributed by atoms with Gasteiger partial charge in [-0.2, -0.15) is 0 Å². The van der Waals surface area contributed by atoms with Crippen molar-refractivity contribution in [2.45, 2.75) is 84.1 Å². The van der Waals surface area contributed by atoms with E-state index in [9.17, 15) is 9.59 Å². The van der Waals surface area contributed by atoms with Gasteiger partial charge in [0.05, 0.1) is 0 Å². The van der Waals surface area contributed by atoms with Crippen LogP contribution in [0.5, 0.6) is 0 Å². The Morgan fingerprint density at radius 1 is 0.968 bits per heavy atom. The summed E-state index contributed by atoms with van der Waals surface area (Å²) in [6.07, 6.45) is 11.3. The first-order valence-corrected chi connectivity index (χ1v) is 12.7. The Hall–Kier alpha value is -1.64. The van der Waals surface area contributed by atoms with Crippen LogP contribution >= 0.6 is 0 Å². The van der Waals surface area contributed by atoms with Crippen LogP contribution in [0.2, 0.25) is 0 Å². The number of likely N-dealkylation sites (tertiary alicyclic amines) is 1. The smallest absolute Gasteiger partial charge is 0.222 e. The Bertz CT molecular complexity index is 850. The van der Waals surface area contributed by atoms with Gasteiger partial charge in [-0.3, -0.25) is 9.59 Å². The number of carbonyl (C=O) groups excluding carboxylic acids is 2. The largest absolute Gasteiger partial charge is 0.342 e. The summed E-state index contributed by atoms with van der Waals surface area (Å²) in [5.41, 5.74) is 1.57. The molecule has 3 saturated carbocycles. The number of ketones is 1. The minimum Gasteiger partial charge on any atom is -0.342 e. The molecule has 0 aromatic heterocycles. The van der Waals surface area contributed by atoms with Gasteiger partial charge in [-0.15, -0.1) is 0 Å². The van der Waals surface area contributed by atoms with Crippen molar-refractivity contribution in [3.8, 4) is 0 Å². The Morgan fingerprint density at radius 3 is 2.48 bits per heavy atom. The molecule has 168 valence electrons. The van der Waals surface area contributed by atoms with Crippen molar-refractivity contribution < 1.29 is 9.59 Å². The number of rotatable bonds is 4. The molecule has 4 fully saturated rings. The topological polar surface area (TPSA) is 37.4 Å². The average Bonchev–Trinajstić information content (AvgIpc) is 3.12. The van der Waals surface area contributed by atoms with Gasteiger partial charge in [0, 0.05) is 31.5 Å². The molecule has 0 spiro atoms. The first-order valence-electron chi connectivity index (χ1n) is 12.7. The van der Waals surface area contributed by atoms with Crippen molar-refractivity contribution in [2.75, 3.05) is 7.05 Å². The van der Waals surface area contributed by atoms with E-state index in [1.54, 1.807) is 0 Å². The van der Waals surface area contributed by atoms with E-state index in [0.717, 1.165) is 42.6 Å². The highest BCUT2D eigenvalue weighted by Gasteiger charge is 2.60. The Morgan fingerprint density at radius 2 is 1.71 bits per heavy atom. The zero-order valence-corrected chi connectivity index (χ0v) is 19.6. The summed E-state index contributed by atoms with van der Waals surface area (Å²) < 4.78 is 0. The van der Waals surface area contributed by atoms with Crippen LogP contribution in [-0.2, 0) is 4.79 Å². The van der Waals surface area contributed by atoms with Crippen molar-refractivity contribution in [2.24, 2.45) is 34.5 Å². The lowest BCUT2D eigenvalue weighted by molar-refractivity contribution is -0.158. The molecule has 1 amide bonds. The molecule has 5 rings (SSSR count). The molecule has 0 bridgehead atoms. The zero-order valence-electron chi connectivity index (χ0n) is 19.6. The molecule has 1 saturated heterocycles. The SMILES string of the molecule is CN1C(=O)CC[C@]2(C)[C@H]3CC[C@]4(C)[C@@H](CCC(=O)c5ccccc5)CC[C@H]4[C@@H]3CC[C@@H]12. The first-order chi connectivity index (χ1) is 14.8. The summed E-state index contributed by atoms with van der Waals surface area (Å²) >= 11 is 0. The standard InChI is InChI=1S/C28H39NO2/c1-27-17-15-23-21(11-14-25-28(23,2)18-16-26(31)29(25)3)22(27)12-9-20(27)10-13-24(30)19-7-5-4-6-8-19/h4-8,20-23,25H,9-18H2,1-3H3/t20-,21+,22+,23+,25-,27-,28-/m1/s1. The van der Waals surface area contributed by atoms with Gasteiger partial charge < -0.3 is 4.90 Å². The number of fused-ring (bicyclic) bond motifs is 5. The van der Waals surface area contributed by atoms with Gasteiger partial charge in [-0.05, 0) is 85.9 Å². The highest BCUT2D eigenvalue weighted by Crippen LogP contribution is 2.66. The van der Waals surface area contributed by atoms with E-state index in [1.165, 1.54) is 38.5 Å². The predicted octanol–water partition coefficient (Wildman–Crippen LogP) is 6.13. The molecule has 1 aromatic carbocycles. The Labute approximate surface area is 188 Å². The van der Waals surface area contributed by atoms with Gasteiger partial charge in [-0.25, -0.2) is 0 Å². The summed E-state index contributed by atoms with van der Waals surface area (Å²) in [5.74, 6) is 3.74. The fourth-order valence-corrected chi connectivity index (χ4v) is 8.81. The van der Waals surface area contributed by atoms with Crippen LogP contribution < -0.4 is 0 Å². The molecule has 0 N–H and O–H groups in total. The number of hydrogen-bond donors (Lipinski definition) is 0. The molecular weight excluding hydrogens is 382 g/mol.